The first-order chi connectivity index (χ1) is 11.8. The maximum Gasteiger partial charge on any atom is 0.170 e. The van der Waals surface area contributed by atoms with Gasteiger partial charge in [0.1, 0.15) is 17.2 Å². The first kappa shape index (κ1) is 16.7. The number of ether oxygens (including phenoxy) is 3. The highest BCUT2D eigenvalue weighted by atomic mass is 32.2. The van der Waals surface area contributed by atoms with Gasteiger partial charge in [-0.15, -0.1) is 11.8 Å². The molecule has 0 saturated heterocycles. The molecule has 0 N–H and O–H groups in total. The molecular weight excluding hydrogens is 324 g/mol. The Kier molecular flexibility index (Phi) is 5.64. The van der Waals surface area contributed by atoms with Crippen LogP contribution in [0.25, 0.3) is 0 Å². The van der Waals surface area contributed by atoms with Crippen molar-refractivity contribution in [1.82, 2.24) is 0 Å². The monoisotopic (exact) mass is 344 g/mol. The maximum atomic E-state index is 11.9. The van der Waals surface area contributed by atoms with Crippen LogP contribution in [0.1, 0.15) is 23.2 Å². The molecule has 0 unspecified atom stereocenters. The van der Waals surface area contributed by atoms with Gasteiger partial charge in [-0.25, -0.2) is 0 Å². The zero-order chi connectivity index (χ0) is 16.8. The molecule has 5 heteroatoms. The van der Waals surface area contributed by atoms with E-state index in [-0.39, 0.29) is 5.78 Å². The van der Waals surface area contributed by atoms with Gasteiger partial charge in [-0.3, -0.25) is 4.79 Å². The average molecular weight is 344 g/mol. The summed E-state index contributed by atoms with van der Waals surface area (Å²) in [6.45, 7) is 1.09. The van der Waals surface area contributed by atoms with E-state index in [9.17, 15) is 4.79 Å². The fourth-order valence-corrected chi connectivity index (χ4v) is 3.27. The molecule has 1 heterocycles. The number of methoxy groups -OCH3 is 1. The topological polar surface area (TPSA) is 44.8 Å². The lowest BCUT2D eigenvalue weighted by molar-refractivity contribution is 0.0933. The van der Waals surface area contributed by atoms with Crippen LogP contribution in [0.15, 0.2) is 47.4 Å². The second kappa shape index (κ2) is 8.11. The standard InChI is InChI=1S/C19H20O4S/c1-21-14-3-6-16(7-4-14)24-12-2-10-22-15-5-8-19-17(13-15)18(20)9-11-23-19/h3-8,13H,2,9-12H2,1H3. The molecule has 1 aliphatic rings. The Labute approximate surface area is 146 Å². The Balaban J connectivity index is 1.43. The quantitative estimate of drug-likeness (QED) is 0.556. The molecule has 4 nitrogen and oxygen atoms in total. The van der Waals surface area contributed by atoms with E-state index in [4.69, 9.17) is 14.2 Å². The van der Waals surface area contributed by atoms with Crippen molar-refractivity contribution >= 4 is 17.5 Å². The Hall–Kier alpha value is -2.14. The zero-order valence-electron chi connectivity index (χ0n) is 13.6. The fourth-order valence-electron chi connectivity index (χ4n) is 2.44. The van der Waals surface area contributed by atoms with Crippen LogP contribution in [0.5, 0.6) is 17.2 Å². The zero-order valence-corrected chi connectivity index (χ0v) is 14.4. The van der Waals surface area contributed by atoms with Crippen molar-refractivity contribution in [3.05, 3.63) is 48.0 Å². The second-order valence-electron chi connectivity index (χ2n) is 5.41. The van der Waals surface area contributed by atoms with E-state index in [0.29, 0.717) is 30.9 Å². The second-order valence-corrected chi connectivity index (χ2v) is 6.57. The minimum Gasteiger partial charge on any atom is -0.497 e. The maximum absolute atomic E-state index is 11.9. The molecular formula is C19H20O4S. The molecule has 1 aliphatic heterocycles. The van der Waals surface area contributed by atoms with Crippen molar-refractivity contribution < 1.29 is 19.0 Å². The minimum absolute atomic E-state index is 0.122. The van der Waals surface area contributed by atoms with E-state index in [2.05, 4.69) is 12.1 Å². The highest BCUT2D eigenvalue weighted by molar-refractivity contribution is 7.99. The predicted octanol–water partition coefficient (Wildman–Crippen LogP) is 4.22. The van der Waals surface area contributed by atoms with Crippen molar-refractivity contribution in [1.29, 1.82) is 0 Å². The van der Waals surface area contributed by atoms with Crippen molar-refractivity contribution in [3.8, 4) is 17.2 Å². The van der Waals surface area contributed by atoms with Crippen molar-refractivity contribution in [3.63, 3.8) is 0 Å². The van der Waals surface area contributed by atoms with E-state index in [1.54, 1.807) is 24.9 Å². The summed E-state index contributed by atoms with van der Waals surface area (Å²) in [5, 5.41) is 0. The van der Waals surface area contributed by atoms with E-state index in [1.807, 2.05) is 24.3 Å². The highest BCUT2D eigenvalue weighted by Crippen LogP contribution is 2.29. The Morgan fingerprint density at radius 2 is 1.92 bits per heavy atom. The number of thioether (sulfide) groups is 1. The van der Waals surface area contributed by atoms with Crippen LogP contribution in [-0.2, 0) is 0 Å². The summed E-state index contributed by atoms with van der Waals surface area (Å²) >= 11 is 1.79. The molecule has 0 fully saturated rings. The average Bonchev–Trinajstić information content (AvgIpc) is 2.62. The number of hydrogen-bond acceptors (Lipinski definition) is 5. The van der Waals surface area contributed by atoms with Crippen molar-refractivity contribution in [2.75, 3.05) is 26.1 Å². The lowest BCUT2D eigenvalue weighted by Gasteiger charge is -2.17. The summed E-state index contributed by atoms with van der Waals surface area (Å²) in [6.07, 6.45) is 1.37. The van der Waals surface area contributed by atoms with Crippen LogP contribution in [0, 0.1) is 0 Å². The molecule has 0 atom stereocenters. The molecule has 126 valence electrons. The smallest absolute Gasteiger partial charge is 0.170 e. The SMILES string of the molecule is COc1ccc(SCCCOc2ccc3c(c2)C(=O)CCO3)cc1. The van der Waals surface area contributed by atoms with Gasteiger partial charge in [0, 0.05) is 17.1 Å². The van der Waals surface area contributed by atoms with Gasteiger partial charge in [0.15, 0.2) is 5.78 Å². The number of rotatable bonds is 7. The summed E-state index contributed by atoms with van der Waals surface area (Å²) in [6, 6.07) is 13.5. The predicted molar refractivity (Wildman–Crippen MR) is 94.7 cm³/mol. The highest BCUT2D eigenvalue weighted by Gasteiger charge is 2.18. The van der Waals surface area contributed by atoms with E-state index < -0.39 is 0 Å². The molecule has 0 bridgehead atoms. The van der Waals surface area contributed by atoms with Crippen molar-refractivity contribution in [2.45, 2.75) is 17.7 Å². The largest absolute Gasteiger partial charge is 0.497 e. The molecule has 0 saturated carbocycles. The normalized spacial score (nSPS) is 13.1. The molecule has 0 radical (unpaired) electrons. The van der Waals surface area contributed by atoms with Crippen molar-refractivity contribution in [2.24, 2.45) is 0 Å². The van der Waals surface area contributed by atoms with Gasteiger partial charge in [-0.05, 0) is 48.9 Å². The summed E-state index contributed by atoms with van der Waals surface area (Å²) in [7, 11) is 1.67. The lowest BCUT2D eigenvalue weighted by atomic mass is 10.0. The van der Waals surface area contributed by atoms with Crippen LogP contribution >= 0.6 is 11.8 Å². The van der Waals surface area contributed by atoms with Crippen LogP contribution in [0.3, 0.4) is 0 Å². The molecule has 2 aromatic carbocycles. The molecule has 0 amide bonds. The molecule has 0 aromatic heterocycles. The van der Waals surface area contributed by atoms with Crippen LogP contribution in [0.2, 0.25) is 0 Å². The van der Waals surface area contributed by atoms with Gasteiger partial charge in [0.05, 0.1) is 25.9 Å². The van der Waals surface area contributed by atoms with Gasteiger partial charge in [-0.2, -0.15) is 0 Å². The summed E-state index contributed by atoms with van der Waals surface area (Å²) < 4.78 is 16.4. The Morgan fingerprint density at radius 3 is 2.71 bits per heavy atom. The number of benzene rings is 2. The van der Waals surface area contributed by atoms with Crippen LogP contribution in [-0.4, -0.2) is 31.9 Å². The molecule has 24 heavy (non-hydrogen) atoms. The third-order valence-corrected chi connectivity index (χ3v) is 4.82. The number of hydrogen-bond donors (Lipinski definition) is 0. The number of fused-ring (bicyclic) bond motifs is 1. The van der Waals surface area contributed by atoms with Gasteiger partial charge >= 0.3 is 0 Å². The number of ketones is 1. The minimum atomic E-state index is 0.122. The first-order valence-corrected chi connectivity index (χ1v) is 8.94. The van der Waals surface area contributed by atoms with E-state index in [1.165, 1.54) is 4.90 Å². The van der Waals surface area contributed by atoms with Gasteiger partial charge < -0.3 is 14.2 Å². The van der Waals surface area contributed by atoms with Gasteiger partial charge in [0.2, 0.25) is 0 Å². The molecule has 0 aliphatic carbocycles. The first-order valence-electron chi connectivity index (χ1n) is 7.96. The molecule has 3 rings (SSSR count). The van der Waals surface area contributed by atoms with Gasteiger partial charge in [0.25, 0.3) is 0 Å². The summed E-state index contributed by atoms with van der Waals surface area (Å²) in [4.78, 5) is 13.1. The van der Waals surface area contributed by atoms with E-state index >= 15 is 0 Å². The Morgan fingerprint density at radius 1 is 1.12 bits per heavy atom. The molecule has 2 aromatic rings. The molecule has 0 spiro atoms. The Bertz CT molecular complexity index is 697. The summed E-state index contributed by atoms with van der Waals surface area (Å²) in [5.41, 5.74) is 0.631. The third kappa shape index (κ3) is 4.23. The van der Waals surface area contributed by atoms with Crippen LogP contribution in [0.4, 0.5) is 0 Å². The number of Topliss-reactive ketones (excluding diaryl/α,β-unsaturated/α-hetero) is 1. The number of carbonyl (C=O) groups excluding carboxylic acids is 1. The van der Waals surface area contributed by atoms with E-state index in [0.717, 1.165) is 23.7 Å². The number of carbonyl (C=O) groups is 1. The third-order valence-electron chi connectivity index (χ3n) is 3.72. The van der Waals surface area contributed by atoms with Gasteiger partial charge in [-0.1, -0.05) is 0 Å². The summed E-state index contributed by atoms with van der Waals surface area (Å²) in [5.74, 6) is 3.35. The lowest BCUT2D eigenvalue weighted by Crippen LogP contribution is -2.15. The van der Waals surface area contributed by atoms with Crippen LogP contribution < -0.4 is 14.2 Å². The fraction of sp³-hybridized carbons (Fsp3) is 0.316.